The summed E-state index contributed by atoms with van der Waals surface area (Å²) in [6.07, 6.45) is -9.33. The molecule has 3 nitrogen and oxygen atoms in total. The molecule has 1 N–H and O–H groups in total. The Morgan fingerprint density at radius 1 is 1.03 bits per heavy atom. The molecule has 0 saturated carbocycles. The highest BCUT2D eigenvalue weighted by Crippen LogP contribution is 2.37. The predicted octanol–water partition coefficient (Wildman–Crippen LogP) is 5.81. The number of rotatable bonds is 4. The van der Waals surface area contributed by atoms with Crippen LogP contribution in [0.2, 0.25) is 0 Å². The highest BCUT2D eigenvalue weighted by Gasteiger charge is 2.38. The summed E-state index contributed by atoms with van der Waals surface area (Å²) in [5.41, 5.74) is -0.979. The van der Waals surface area contributed by atoms with Crippen molar-refractivity contribution in [1.82, 2.24) is 10.2 Å². The standard InChI is InChI=1S/C23H24F6N2O.ClH/c1-14-4-3-5-16(8-14)20-12-30-7-6-19(20)21(32)31(2)13-15-9-17(22(24,25)26)11-18(10-15)23(27,28)29;/h3-5,8-11,19-20,30H,6-7,12-13H2,1-2H3;1H. The molecule has 2 atom stereocenters. The summed E-state index contributed by atoms with van der Waals surface area (Å²) in [5.74, 6) is -0.856. The van der Waals surface area contributed by atoms with E-state index < -0.39 is 29.4 Å². The molecule has 1 aliphatic rings. The smallest absolute Gasteiger partial charge is 0.341 e. The zero-order chi connectivity index (χ0) is 23.7. The second-order valence-corrected chi connectivity index (χ2v) is 8.23. The van der Waals surface area contributed by atoms with Crippen LogP contribution in [0.4, 0.5) is 26.3 Å². The van der Waals surface area contributed by atoms with Crippen LogP contribution in [0.1, 0.15) is 40.2 Å². The van der Waals surface area contributed by atoms with Crippen molar-refractivity contribution in [3.63, 3.8) is 0 Å². The van der Waals surface area contributed by atoms with E-state index in [1.165, 1.54) is 11.9 Å². The Morgan fingerprint density at radius 3 is 2.18 bits per heavy atom. The largest absolute Gasteiger partial charge is 0.416 e. The monoisotopic (exact) mass is 494 g/mol. The molecule has 33 heavy (non-hydrogen) atoms. The fourth-order valence-corrected chi connectivity index (χ4v) is 4.15. The van der Waals surface area contributed by atoms with Crippen molar-refractivity contribution in [2.45, 2.75) is 38.2 Å². The van der Waals surface area contributed by atoms with Gasteiger partial charge in [-0.1, -0.05) is 29.8 Å². The van der Waals surface area contributed by atoms with Crippen molar-refractivity contribution in [1.29, 1.82) is 0 Å². The molecular weight excluding hydrogens is 470 g/mol. The van der Waals surface area contributed by atoms with Gasteiger partial charge in [0.25, 0.3) is 0 Å². The van der Waals surface area contributed by atoms with E-state index in [0.29, 0.717) is 31.6 Å². The second kappa shape index (κ2) is 10.3. The number of nitrogens with one attached hydrogen (secondary N) is 1. The van der Waals surface area contributed by atoms with Gasteiger partial charge in [-0.25, -0.2) is 0 Å². The van der Waals surface area contributed by atoms with Crippen LogP contribution in [0.15, 0.2) is 42.5 Å². The van der Waals surface area contributed by atoms with Crippen molar-refractivity contribution in [2.75, 3.05) is 20.1 Å². The van der Waals surface area contributed by atoms with Crippen molar-refractivity contribution in [3.05, 3.63) is 70.3 Å². The highest BCUT2D eigenvalue weighted by molar-refractivity contribution is 5.85. The zero-order valence-electron chi connectivity index (χ0n) is 18.1. The molecule has 1 heterocycles. The number of benzene rings is 2. The third-order valence-electron chi connectivity index (χ3n) is 5.71. The first-order valence-corrected chi connectivity index (χ1v) is 10.2. The van der Waals surface area contributed by atoms with E-state index in [0.717, 1.165) is 11.1 Å². The quantitative estimate of drug-likeness (QED) is 0.544. The summed E-state index contributed by atoms with van der Waals surface area (Å²) in [6.45, 7) is 2.76. The van der Waals surface area contributed by atoms with Crippen molar-refractivity contribution >= 4 is 18.3 Å². The van der Waals surface area contributed by atoms with Crippen LogP contribution in [-0.4, -0.2) is 30.9 Å². The minimum Gasteiger partial charge on any atom is -0.341 e. The van der Waals surface area contributed by atoms with Gasteiger partial charge >= 0.3 is 12.4 Å². The van der Waals surface area contributed by atoms with Crippen LogP contribution < -0.4 is 5.32 Å². The minimum absolute atomic E-state index is 0. The third-order valence-corrected chi connectivity index (χ3v) is 5.71. The topological polar surface area (TPSA) is 32.3 Å². The molecule has 0 aromatic heterocycles. The number of nitrogens with zero attached hydrogens (tertiary/aromatic N) is 1. The average Bonchev–Trinajstić information content (AvgIpc) is 2.71. The van der Waals surface area contributed by atoms with Gasteiger partial charge in [0.1, 0.15) is 0 Å². The number of hydrogen-bond acceptors (Lipinski definition) is 2. The van der Waals surface area contributed by atoms with E-state index in [4.69, 9.17) is 0 Å². The van der Waals surface area contributed by atoms with Crippen molar-refractivity contribution in [3.8, 4) is 0 Å². The Morgan fingerprint density at radius 2 is 1.64 bits per heavy atom. The Bertz CT molecular complexity index is 944. The molecular formula is C23H25ClF6N2O. The third kappa shape index (κ3) is 6.63. The second-order valence-electron chi connectivity index (χ2n) is 8.23. The van der Waals surface area contributed by atoms with Gasteiger partial charge in [-0.2, -0.15) is 26.3 Å². The van der Waals surface area contributed by atoms with Gasteiger partial charge in [-0.05, 0) is 49.2 Å². The average molecular weight is 495 g/mol. The van der Waals surface area contributed by atoms with E-state index in [2.05, 4.69) is 5.32 Å². The van der Waals surface area contributed by atoms with E-state index in [9.17, 15) is 31.1 Å². The summed E-state index contributed by atoms with van der Waals surface area (Å²) in [6, 6.07) is 9.17. The first-order valence-electron chi connectivity index (χ1n) is 10.2. The lowest BCUT2D eigenvalue weighted by molar-refractivity contribution is -0.143. The van der Waals surface area contributed by atoms with Crippen LogP contribution in [0.5, 0.6) is 0 Å². The van der Waals surface area contributed by atoms with Crippen LogP contribution in [0.3, 0.4) is 0 Å². The van der Waals surface area contributed by atoms with E-state index in [1.807, 2.05) is 31.2 Å². The van der Waals surface area contributed by atoms with E-state index in [1.54, 1.807) is 0 Å². The Hall–Kier alpha value is -2.26. The van der Waals surface area contributed by atoms with Gasteiger partial charge in [-0.15, -0.1) is 12.4 Å². The van der Waals surface area contributed by atoms with Crippen molar-refractivity contribution in [2.24, 2.45) is 5.92 Å². The van der Waals surface area contributed by atoms with Gasteiger partial charge in [0.2, 0.25) is 5.91 Å². The van der Waals surface area contributed by atoms with Crippen LogP contribution in [0, 0.1) is 12.8 Å². The highest BCUT2D eigenvalue weighted by atomic mass is 35.5. The van der Waals surface area contributed by atoms with Gasteiger partial charge in [0, 0.05) is 32.0 Å². The summed E-state index contributed by atoms with van der Waals surface area (Å²) < 4.78 is 78.8. The van der Waals surface area contributed by atoms with Crippen LogP contribution in [-0.2, 0) is 23.7 Å². The lowest BCUT2D eigenvalue weighted by Crippen LogP contribution is -2.43. The molecule has 1 amide bonds. The maximum absolute atomic E-state index is 13.2. The number of piperidine rings is 1. The number of carbonyl (C=O) groups is 1. The number of hydrogen-bond donors (Lipinski definition) is 1. The fourth-order valence-electron chi connectivity index (χ4n) is 4.15. The number of aryl methyl sites for hydroxylation is 1. The molecule has 182 valence electrons. The Kier molecular flexibility index (Phi) is 8.46. The molecule has 10 heteroatoms. The molecule has 2 aromatic carbocycles. The van der Waals surface area contributed by atoms with Crippen LogP contribution >= 0.6 is 12.4 Å². The molecule has 0 spiro atoms. The number of alkyl halides is 6. The molecule has 1 aliphatic heterocycles. The first-order chi connectivity index (χ1) is 14.9. The van der Waals surface area contributed by atoms with Crippen molar-refractivity contribution < 1.29 is 31.1 Å². The maximum atomic E-state index is 13.2. The molecule has 2 aromatic rings. The number of amides is 1. The van der Waals surface area contributed by atoms with Gasteiger partial charge < -0.3 is 10.2 Å². The zero-order valence-corrected chi connectivity index (χ0v) is 18.9. The summed E-state index contributed by atoms with van der Waals surface area (Å²) in [4.78, 5) is 14.4. The first kappa shape index (κ1) is 27.0. The van der Waals surface area contributed by atoms with Gasteiger partial charge in [-0.3, -0.25) is 4.79 Å². The molecule has 0 radical (unpaired) electrons. The molecule has 3 rings (SSSR count). The van der Waals surface area contributed by atoms with Gasteiger partial charge in [0.15, 0.2) is 0 Å². The lowest BCUT2D eigenvalue weighted by atomic mass is 9.80. The number of halogens is 7. The summed E-state index contributed by atoms with van der Waals surface area (Å²) in [5, 5.41) is 3.25. The summed E-state index contributed by atoms with van der Waals surface area (Å²) >= 11 is 0. The number of carbonyl (C=O) groups excluding carboxylic acids is 1. The van der Waals surface area contributed by atoms with Gasteiger partial charge in [0.05, 0.1) is 11.1 Å². The minimum atomic E-state index is -4.93. The molecule has 0 bridgehead atoms. The Balaban J connectivity index is 0.00000385. The van der Waals surface area contributed by atoms with E-state index in [-0.39, 0.29) is 42.4 Å². The fraction of sp³-hybridized carbons (Fsp3) is 0.435. The predicted molar refractivity (Wildman–Crippen MR) is 115 cm³/mol. The SMILES string of the molecule is Cc1cccc(C2CNCCC2C(=O)N(C)Cc2cc(C(F)(F)F)cc(C(F)(F)F)c2)c1.Cl. The molecule has 0 aliphatic carbocycles. The lowest BCUT2D eigenvalue weighted by Gasteiger charge is -2.34. The summed E-state index contributed by atoms with van der Waals surface area (Å²) in [7, 11) is 1.41. The van der Waals surface area contributed by atoms with Crippen LogP contribution in [0.25, 0.3) is 0 Å². The molecule has 1 saturated heterocycles. The normalized spacial score (nSPS) is 19.0. The Labute approximate surface area is 194 Å². The molecule has 1 fully saturated rings. The van der Waals surface area contributed by atoms with E-state index >= 15 is 0 Å². The maximum Gasteiger partial charge on any atom is 0.416 e. The molecule has 2 unspecified atom stereocenters.